The van der Waals surface area contributed by atoms with Gasteiger partial charge in [-0.2, -0.15) is 0 Å². The third kappa shape index (κ3) is 8.09. The molecule has 39 heavy (non-hydrogen) atoms. The lowest BCUT2D eigenvalue weighted by Crippen LogP contribution is -2.47. The average Bonchev–Trinajstić information content (AvgIpc) is 3.35. The molecule has 1 fully saturated rings. The molecule has 0 radical (unpaired) electrons. The van der Waals surface area contributed by atoms with E-state index in [-0.39, 0.29) is 28.7 Å². The van der Waals surface area contributed by atoms with Crippen molar-refractivity contribution >= 4 is 40.4 Å². The van der Waals surface area contributed by atoms with E-state index in [1.165, 1.54) is 17.0 Å². The Hall–Kier alpha value is -3.31. The molecule has 206 valence electrons. The highest BCUT2D eigenvalue weighted by Gasteiger charge is 2.26. The number of thiophene rings is 1. The normalized spacial score (nSPS) is 13.7. The van der Waals surface area contributed by atoms with Gasteiger partial charge < -0.3 is 14.5 Å². The Labute approximate surface area is 236 Å². The number of hydrogen-bond acceptors (Lipinski definition) is 7. The van der Waals surface area contributed by atoms with E-state index >= 15 is 0 Å². The first-order valence-corrected chi connectivity index (χ1v) is 13.9. The Morgan fingerprint density at radius 1 is 1.05 bits per heavy atom. The Balaban J connectivity index is 1.56. The van der Waals surface area contributed by atoms with Crippen molar-refractivity contribution in [3.05, 3.63) is 96.7 Å². The number of nitro groups is 1. The van der Waals surface area contributed by atoms with Crippen molar-refractivity contribution in [3.63, 3.8) is 0 Å². The zero-order chi connectivity index (χ0) is 27.8. The summed E-state index contributed by atoms with van der Waals surface area (Å²) < 4.78 is 5.43. The SMILES string of the molecule is Cc1ccc(CN(Cc2ccccc2)C(=O)CN(CCN2CCOCC2)C(=O)c2ccc([N+](=O)[O-])cc2Cl)s1. The summed E-state index contributed by atoms with van der Waals surface area (Å²) in [4.78, 5) is 45.7. The first-order valence-electron chi connectivity index (χ1n) is 12.7. The molecule has 0 unspecified atom stereocenters. The van der Waals surface area contributed by atoms with Crippen LogP contribution in [-0.2, 0) is 22.6 Å². The summed E-state index contributed by atoms with van der Waals surface area (Å²) in [6, 6.07) is 17.5. The molecule has 1 aliphatic rings. The van der Waals surface area contributed by atoms with Gasteiger partial charge >= 0.3 is 0 Å². The quantitative estimate of drug-likeness (QED) is 0.246. The molecule has 1 aliphatic heterocycles. The van der Waals surface area contributed by atoms with Crippen LogP contribution in [0.3, 0.4) is 0 Å². The van der Waals surface area contributed by atoms with Gasteiger partial charge in [-0.3, -0.25) is 24.6 Å². The van der Waals surface area contributed by atoms with Crippen molar-refractivity contribution in [1.29, 1.82) is 0 Å². The zero-order valence-electron chi connectivity index (χ0n) is 21.8. The summed E-state index contributed by atoms with van der Waals surface area (Å²) in [6.45, 7) is 6.29. The first kappa shape index (κ1) is 28.7. The molecule has 3 aromatic rings. The maximum atomic E-state index is 13.8. The number of carbonyl (C=O) groups is 2. The molecule has 0 saturated carbocycles. The van der Waals surface area contributed by atoms with E-state index in [2.05, 4.69) is 4.90 Å². The van der Waals surface area contributed by atoms with E-state index in [1.54, 1.807) is 16.2 Å². The third-order valence-electron chi connectivity index (χ3n) is 6.51. The summed E-state index contributed by atoms with van der Waals surface area (Å²) in [6.07, 6.45) is 0. The van der Waals surface area contributed by atoms with Crippen molar-refractivity contribution < 1.29 is 19.2 Å². The number of nitrogens with zero attached hydrogens (tertiary/aromatic N) is 4. The zero-order valence-corrected chi connectivity index (χ0v) is 23.3. The predicted molar refractivity (Wildman–Crippen MR) is 151 cm³/mol. The van der Waals surface area contributed by atoms with Gasteiger partial charge in [-0.15, -0.1) is 11.3 Å². The highest BCUT2D eigenvalue weighted by molar-refractivity contribution is 7.11. The van der Waals surface area contributed by atoms with Crippen molar-refractivity contribution in [3.8, 4) is 0 Å². The number of aryl methyl sites for hydroxylation is 1. The van der Waals surface area contributed by atoms with Crippen LogP contribution in [-0.4, -0.2) is 77.4 Å². The van der Waals surface area contributed by atoms with Gasteiger partial charge in [0.25, 0.3) is 11.6 Å². The minimum atomic E-state index is -0.562. The van der Waals surface area contributed by atoms with Crippen LogP contribution in [0.25, 0.3) is 0 Å². The molecule has 1 saturated heterocycles. The smallest absolute Gasteiger partial charge is 0.270 e. The molecular formula is C28H31ClN4O5S. The predicted octanol–water partition coefficient (Wildman–Crippen LogP) is 4.62. The Kier molecular flexibility index (Phi) is 10.0. The lowest BCUT2D eigenvalue weighted by atomic mass is 10.1. The van der Waals surface area contributed by atoms with E-state index < -0.39 is 10.8 Å². The lowest BCUT2D eigenvalue weighted by molar-refractivity contribution is -0.384. The number of hydrogen-bond donors (Lipinski definition) is 0. The van der Waals surface area contributed by atoms with Crippen molar-refractivity contribution in [2.24, 2.45) is 0 Å². The summed E-state index contributed by atoms with van der Waals surface area (Å²) in [5, 5.41) is 11.1. The number of amides is 2. The molecule has 0 atom stereocenters. The minimum absolute atomic E-state index is 0.0202. The number of carbonyl (C=O) groups excluding carboxylic acids is 2. The average molecular weight is 571 g/mol. The van der Waals surface area contributed by atoms with Crippen LogP contribution in [0.4, 0.5) is 5.69 Å². The summed E-state index contributed by atoms with van der Waals surface area (Å²) in [5.41, 5.74) is 0.914. The fraction of sp³-hybridized carbons (Fsp3) is 0.357. The maximum Gasteiger partial charge on any atom is 0.270 e. The molecule has 2 aromatic carbocycles. The van der Waals surface area contributed by atoms with Crippen LogP contribution in [0.15, 0.2) is 60.7 Å². The van der Waals surface area contributed by atoms with E-state index in [4.69, 9.17) is 16.3 Å². The van der Waals surface area contributed by atoms with Gasteiger partial charge in [-0.05, 0) is 30.7 Å². The van der Waals surface area contributed by atoms with Gasteiger partial charge in [0, 0.05) is 54.6 Å². The largest absolute Gasteiger partial charge is 0.379 e. The van der Waals surface area contributed by atoms with E-state index in [0.29, 0.717) is 39.4 Å². The van der Waals surface area contributed by atoms with Gasteiger partial charge in [-0.25, -0.2) is 0 Å². The number of morpholine rings is 1. The number of nitro benzene ring substituents is 1. The molecule has 2 heterocycles. The van der Waals surface area contributed by atoms with Crippen LogP contribution in [0.1, 0.15) is 25.7 Å². The van der Waals surface area contributed by atoms with Crippen molar-refractivity contribution in [1.82, 2.24) is 14.7 Å². The van der Waals surface area contributed by atoms with Crippen LogP contribution >= 0.6 is 22.9 Å². The molecule has 4 rings (SSSR count). The number of rotatable bonds is 11. The van der Waals surface area contributed by atoms with Crippen LogP contribution in [0.5, 0.6) is 0 Å². The van der Waals surface area contributed by atoms with Crippen molar-refractivity contribution in [2.75, 3.05) is 45.9 Å². The topological polar surface area (TPSA) is 96.2 Å². The highest BCUT2D eigenvalue weighted by atomic mass is 35.5. The second-order valence-electron chi connectivity index (χ2n) is 9.35. The van der Waals surface area contributed by atoms with Crippen molar-refractivity contribution in [2.45, 2.75) is 20.0 Å². The molecule has 9 nitrogen and oxygen atoms in total. The minimum Gasteiger partial charge on any atom is -0.379 e. The molecule has 1 aromatic heterocycles. The standard InChI is InChI=1S/C28H31ClN4O5S/c1-21-7-9-24(39-21)19-32(18-22-5-3-2-4-6-22)27(34)20-31(12-11-30-13-15-38-16-14-30)28(35)25-10-8-23(33(36)37)17-26(25)29/h2-10,17H,11-16,18-20H2,1H3. The molecular weight excluding hydrogens is 540 g/mol. The second-order valence-corrected chi connectivity index (χ2v) is 11.1. The van der Waals surface area contributed by atoms with Gasteiger partial charge in [0.15, 0.2) is 0 Å². The summed E-state index contributed by atoms with van der Waals surface area (Å²) in [5.74, 6) is -0.638. The molecule has 0 spiro atoms. The number of benzene rings is 2. The molecule has 2 amide bonds. The highest BCUT2D eigenvalue weighted by Crippen LogP contribution is 2.24. The van der Waals surface area contributed by atoms with Gasteiger partial charge in [0.2, 0.25) is 5.91 Å². The van der Waals surface area contributed by atoms with Gasteiger partial charge in [-0.1, -0.05) is 41.9 Å². The lowest BCUT2D eigenvalue weighted by Gasteiger charge is -2.31. The maximum absolute atomic E-state index is 13.8. The number of non-ortho nitro benzene ring substituents is 1. The third-order valence-corrected chi connectivity index (χ3v) is 7.81. The Morgan fingerprint density at radius 2 is 1.79 bits per heavy atom. The van der Waals surface area contributed by atoms with Crippen LogP contribution < -0.4 is 0 Å². The molecule has 0 N–H and O–H groups in total. The van der Waals surface area contributed by atoms with E-state index in [9.17, 15) is 19.7 Å². The fourth-order valence-electron chi connectivity index (χ4n) is 4.36. The number of halogens is 1. The van der Waals surface area contributed by atoms with Crippen LogP contribution in [0, 0.1) is 17.0 Å². The second kappa shape index (κ2) is 13.7. The van der Waals surface area contributed by atoms with E-state index in [0.717, 1.165) is 34.5 Å². The first-order chi connectivity index (χ1) is 18.8. The summed E-state index contributed by atoms with van der Waals surface area (Å²) in [7, 11) is 0. The van der Waals surface area contributed by atoms with Crippen LogP contribution in [0.2, 0.25) is 5.02 Å². The molecule has 11 heteroatoms. The van der Waals surface area contributed by atoms with Gasteiger partial charge in [0.05, 0.1) is 35.3 Å². The summed E-state index contributed by atoms with van der Waals surface area (Å²) >= 11 is 7.94. The Bertz CT molecular complexity index is 1300. The molecule has 0 bridgehead atoms. The van der Waals surface area contributed by atoms with E-state index in [1.807, 2.05) is 49.4 Å². The Morgan fingerprint density at radius 3 is 2.44 bits per heavy atom. The van der Waals surface area contributed by atoms with Gasteiger partial charge in [0.1, 0.15) is 6.54 Å². The monoisotopic (exact) mass is 570 g/mol. The number of ether oxygens (including phenoxy) is 1. The molecule has 0 aliphatic carbocycles. The fourth-order valence-corrected chi connectivity index (χ4v) is 5.52.